The highest BCUT2D eigenvalue weighted by Crippen LogP contribution is 2.36. The van der Waals surface area contributed by atoms with Crippen molar-refractivity contribution < 1.29 is 14.2 Å². The van der Waals surface area contributed by atoms with Gasteiger partial charge in [-0.3, -0.25) is 10.3 Å². The van der Waals surface area contributed by atoms with Gasteiger partial charge >= 0.3 is 0 Å². The molecule has 0 aromatic heterocycles. The van der Waals surface area contributed by atoms with Crippen molar-refractivity contribution in [1.29, 1.82) is 0 Å². The largest absolute Gasteiger partial charge is 0.490 e. The molecule has 1 aromatic rings. The number of ether oxygens (including phenoxy) is 3. The SMILES string of the molecule is CCCOc1c(Cl)cc(/C=N/NC(=S)NCCN2CCOCC2)cc1OCC. The van der Waals surface area contributed by atoms with Crippen molar-refractivity contribution in [3.05, 3.63) is 22.7 Å². The molecule has 28 heavy (non-hydrogen) atoms. The molecule has 0 saturated carbocycles. The molecule has 0 spiro atoms. The van der Waals surface area contributed by atoms with Crippen molar-refractivity contribution in [3.63, 3.8) is 0 Å². The van der Waals surface area contributed by atoms with Crippen molar-refractivity contribution >= 4 is 35.1 Å². The fourth-order valence-corrected chi connectivity index (χ4v) is 3.06. The van der Waals surface area contributed by atoms with E-state index in [4.69, 9.17) is 38.0 Å². The number of benzene rings is 1. The monoisotopic (exact) mass is 428 g/mol. The molecule has 2 N–H and O–H groups in total. The lowest BCUT2D eigenvalue weighted by Gasteiger charge is -2.26. The van der Waals surface area contributed by atoms with Crippen LogP contribution in [0.4, 0.5) is 0 Å². The number of rotatable bonds is 10. The van der Waals surface area contributed by atoms with E-state index in [0.717, 1.165) is 51.4 Å². The Balaban J connectivity index is 1.83. The van der Waals surface area contributed by atoms with Gasteiger partial charge in [0.25, 0.3) is 0 Å². The first-order valence-corrected chi connectivity index (χ1v) is 10.4. The highest BCUT2D eigenvalue weighted by atomic mass is 35.5. The Hall–Kier alpha value is -1.61. The maximum absolute atomic E-state index is 6.35. The fraction of sp³-hybridized carbons (Fsp3) is 0.579. The number of morpholine rings is 1. The molecule has 156 valence electrons. The van der Waals surface area contributed by atoms with Crippen LogP contribution in [0.5, 0.6) is 11.5 Å². The second-order valence-corrected chi connectivity index (χ2v) is 7.01. The van der Waals surface area contributed by atoms with Gasteiger partial charge in [0.2, 0.25) is 0 Å². The van der Waals surface area contributed by atoms with Crippen LogP contribution in [0.3, 0.4) is 0 Å². The number of halogens is 1. The summed E-state index contributed by atoms with van der Waals surface area (Å²) < 4.78 is 16.7. The van der Waals surface area contributed by atoms with E-state index in [1.807, 2.05) is 19.9 Å². The molecule has 7 nitrogen and oxygen atoms in total. The molecule has 0 radical (unpaired) electrons. The first kappa shape index (κ1) is 22.7. The predicted molar refractivity (Wildman–Crippen MR) is 117 cm³/mol. The molecule has 0 bridgehead atoms. The summed E-state index contributed by atoms with van der Waals surface area (Å²) in [6, 6.07) is 3.63. The van der Waals surface area contributed by atoms with Crippen molar-refractivity contribution in [2.75, 3.05) is 52.6 Å². The molecule has 1 fully saturated rings. The van der Waals surface area contributed by atoms with Gasteiger partial charge in [0.05, 0.1) is 37.7 Å². The number of nitrogens with one attached hydrogen (secondary N) is 2. The Labute approximate surface area is 177 Å². The summed E-state index contributed by atoms with van der Waals surface area (Å²) in [5.74, 6) is 1.17. The van der Waals surface area contributed by atoms with E-state index in [2.05, 4.69) is 20.7 Å². The van der Waals surface area contributed by atoms with Crippen LogP contribution >= 0.6 is 23.8 Å². The molecule has 1 aromatic carbocycles. The number of hydrazone groups is 1. The van der Waals surface area contributed by atoms with Gasteiger partial charge in [0.15, 0.2) is 16.6 Å². The third-order valence-electron chi connectivity index (χ3n) is 3.98. The molecule has 0 atom stereocenters. The average Bonchev–Trinajstić information content (AvgIpc) is 2.68. The van der Waals surface area contributed by atoms with Crippen LogP contribution in [0, 0.1) is 0 Å². The lowest BCUT2D eigenvalue weighted by Crippen LogP contribution is -2.42. The van der Waals surface area contributed by atoms with Gasteiger partial charge in [-0.25, -0.2) is 0 Å². The Morgan fingerprint density at radius 1 is 1.32 bits per heavy atom. The summed E-state index contributed by atoms with van der Waals surface area (Å²) in [6.07, 6.45) is 2.54. The van der Waals surface area contributed by atoms with E-state index in [1.165, 1.54) is 0 Å². The zero-order chi connectivity index (χ0) is 20.2. The van der Waals surface area contributed by atoms with Crippen molar-refractivity contribution in [1.82, 2.24) is 15.6 Å². The van der Waals surface area contributed by atoms with Crippen LogP contribution in [0.1, 0.15) is 25.8 Å². The van der Waals surface area contributed by atoms with Gasteiger partial charge < -0.3 is 19.5 Å². The molecular formula is C19H29ClN4O3S. The summed E-state index contributed by atoms with van der Waals surface area (Å²) in [5.41, 5.74) is 3.61. The topological polar surface area (TPSA) is 67.4 Å². The summed E-state index contributed by atoms with van der Waals surface area (Å²) in [6.45, 7) is 10.2. The maximum atomic E-state index is 6.35. The van der Waals surface area contributed by atoms with E-state index in [0.29, 0.717) is 34.8 Å². The lowest BCUT2D eigenvalue weighted by atomic mass is 10.2. The van der Waals surface area contributed by atoms with Crippen molar-refractivity contribution in [3.8, 4) is 11.5 Å². The second kappa shape index (κ2) is 12.8. The Kier molecular flexibility index (Phi) is 10.3. The number of hydrogen-bond donors (Lipinski definition) is 2. The van der Waals surface area contributed by atoms with Crippen LogP contribution in [0.15, 0.2) is 17.2 Å². The smallest absolute Gasteiger partial charge is 0.187 e. The maximum Gasteiger partial charge on any atom is 0.187 e. The summed E-state index contributed by atoms with van der Waals surface area (Å²) in [7, 11) is 0. The third kappa shape index (κ3) is 7.79. The number of hydrogen-bond acceptors (Lipinski definition) is 6. The van der Waals surface area contributed by atoms with E-state index < -0.39 is 0 Å². The molecular weight excluding hydrogens is 400 g/mol. The number of thiocarbonyl (C=S) groups is 1. The van der Waals surface area contributed by atoms with Crippen molar-refractivity contribution in [2.45, 2.75) is 20.3 Å². The van der Waals surface area contributed by atoms with Crippen LogP contribution < -0.4 is 20.2 Å². The minimum absolute atomic E-state index is 0.475. The summed E-state index contributed by atoms with van der Waals surface area (Å²) in [5, 5.41) is 8.29. The van der Waals surface area contributed by atoms with Gasteiger partial charge in [-0.2, -0.15) is 5.10 Å². The minimum Gasteiger partial charge on any atom is -0.490 e. The zero-order valence-corrected chi connectivity index (χ0v) is 18.1. The van der Waals surface area contributed by atoms with Crippen LogP contribution in [0.2, 0.25) is 5.02 Å². The van der Waals surface area contributed by atoms with Crippen molar-refractivity contribution in [2.24, 2.45) is 5.10 Å². The Morgan fingerprint density at radius 3 is 2.82 bits per heavy atom. The lowest BCUT2D eigenvalue weighted by molar-refractivity contribution is 0.0389. The van der Waals surface area contributed by atoms with Crippen LogP contribution in [0.25, 0.3) is 0 Å². The summed E-state index contributed by atoms with van der Waals surface area (Å²) in [4.78, 5) is 2.34. The molecule has 2 rings (SSSR count). The van der Waals surface area contributed by atoms with Gasteiger partial charge in [-0.1, -0.05) is 18.5 Å². The highest BCUT2D eigenvalue weighted by Gasteiger charge is 2.12. The standard InChI is InChI=1S/C19H29ClN4O3S/c1-3-9-27-18-16(20)12-15(13-17(18)26-4-2)14-22-23-19(28)21-5-6-24-7-10-25-11-8-24/h12-14H,3-11H2,1-2H3,(H2,21,23,28)/b22-14+. The first-order valence-electron chi connectivity index (χ1n) is 9.60. The van der Waals surface area contributed by atoms with Gasteiger partial charge in [-0.15, -0.1) is 0 Å². The van der Waals surface area contributed by atoms with E-state index in [9.17, 15) is 0 Å². The molecule has 0 amide bonds. The van der Waals surface area contributed by atoms with E-state index in [-0.39, 0.29) is 0 Å². The highest BCUT2D eigenvalue weighted by molar-refractivity contribution is 7.80. The summed E-state index contributed by atoms with van der Waals surface area (Å²) >= 11 is 11.6. The first-order chi connectivity index (χ1) is 13.6. The van der Waals surface area contributed by atoms with Gasteiger partial charge in [0.1, 0.15) is 0 Å². The Morgan fingerprint density at radius 2 is 2.11 bits per heavy atom. The normalized spacial score (nSPS) is 14.8. The number of nitrogens with zero attached hydrogens (tertiary/aromatic N) is 2. The van der Waals surface area contributed by atoms with Crippen LogP contribution in [-0.4, -0.2) is 68.8 Å². The fourth-order valence-electron chi connectivity index (χ4n) is 2.63. The van der Waals surface area contributed by atoms with E-state index >= 15 is 0 Å². The molecule has 0 unspecified atom stereocenters. The molecule has 1 aliphatic heterocycles. The quantitative estimate of drug-likeness (QED) is 0.337. The average molecular weight is 429 g/mol. The van der Waals surface area contributed by atoms with Crippen LogP contribution in [-0.2, 0) is 4.74 Å². The second-order valence-electron chi connectivity index (χ2n) is 6.19. The molecule has 0 aliphatic carbocycles. The third-order valence-corrected chi connectivity index (χ3v) is 4.50. The van der Waals surface area contributed by atoms with E-state index in [1.54, 1.807) is 12.3 Å². The molecule has 1 saturated heterocycles. The minimum atomic E-state index is 0.475. The Bertz CT molecular complexity index is 654. The molecule has 1 heterocycles. The molecule has 9 heteroatoms. The van der Waals surface area contributed by atoms with Gasteiger partial charge in [-0.05, 0) is 43.3 Å². The zero-order valence-electron chi connectivity index (χ0n) is 16.5. The molecule has 1 aliphatic rings. The predicted octanol–water partition coefficient (Wildman–Crippen LogP) is 2.66. The van der Waals surface area contributed by atoms with Gasteiger partial charge in [0, 0.05) is 26.2 Å².